The molecule has 1 atom stereocenters. The van der Waals surface area contributed by atoms with Crippen LogP contribution in [0, 0.1) is 0 Å². The highest BCUT2D eigenvalue weighted by Gasteiger charge is 2.35. The number of ether oxygens (including phenoxy) is 3. The second kappa shape index (κ2) is 12.1. The minimum Gasteiger partial charge on any atom is -0.490 e. The summed E-state index contributed by atoms with van der Waals surface area (Å²) in [6.45, 7) is 6.49. The number of nitrogens with zero attached hydrogens (tertiary/aromatic N) is 3. The van der Waals surface area contributed by atoms with Gasteiger partial charge < -0.3 is 19.5 Å². The topological polar surface area (TPSA) is 87.5 Å². The molecule has 4 rings (SSSR count). The molecule has 1 unspecified atom stereocenters. The maximum atomic E-state index is 12.9. The highest BCUT2D eigenvalue weighted by molar-refractivity contribution is 7.99. The molecule has 0 aliphatic carbocycles. The number of halogens is 2. The van der Waals surface area contributed by atoms with E-state index < -0.39 is 12.0 Å². The first-order chi connectivity index (χ1) is 17.9. The standard InChI is InChI=1S/C26H28Cl2N4O4S/c1-5-11-37-26-30-25-29-15(3)22(24(33)34-4)23(32(25)31-26)16-8-10-20(21(12-16)35-6-2)36-14-17-7-9-18(27)13-19(17)28/h7-10,12-13,23H,5-6,11,14H2,1-4H3,(H,29,30,31). The molecule has 0 saturated carbocycles. The van der Waals surface area contributed by atoms with Crippen LogP contribution in [0.25, 0.3) is 0 Å². The number of nitrogens with one attached hydrogen (secondary N) is 1. The summed E-state index contributed by atoms with van der Waals surface area (Å²) in [5.41, 5.74) is 2.67. The fraction of sp³-hybridized carbons (Fsp3) is 0.346. The van der Waals surface area contributed by atoms with Gasteiger partial charge in [0.2, 0.25) is 11.1 Å². The predicted octanol–water partition coefficient (Wildman–Crippen LogP) is 6.53. The van der Waals surface area contributed by atoms with E-state index in [2.05, 4.69) is 17.2 Å². The van der Waals surface area contributed by atoms with Gasteiger partial charge in [0.05, 0.1) is 19.3 Å². The second-order valence-corrected chi connectivity index (χ2v) is 10.1. The number of fused-ring (bicyclic) bond motifs is 1. The van der Waals surface area contributed by atoms with Crippen molar-refractivity contribution in [2.75, 3.05) is 24.8 Å². The minimum absolute atomic E-state index is 0.237. The maximum Gasteiger partial charge on any atom is 0.338 e. The zero-order chi connectivity index (χ0) is 26.5. The van der Waals surface area contributed by atoms with Crippen molar-refractivity contribution in [1.82, 2.24) is 14.8 Å². The molecule has 3 aromatic rings. The molecule has 2 aromatic carbocycles. The first-order valence-corrected chi connectivity index (χ1v) is 13.6. The highest BCUT2D eigenvalue weighted by atomic mass is 35.5. The van der Waals surface area contributed by atoms with E-state index in [4.69, 9.17) is 42.5 Å². The number of rotatable bonds is 10. The summed E-state index contributed by atoms with van der Waals surface area (Å²) in [5, 5.41) is 9.62. The third kappa shape index (κ3) is 6.00. The Morgan fingerprint density at radius 2 is 1.95 bits per heavy atom. The lowest BCUT2D eigenvalue weighted by atomic mass is 9.95. The SMILES string of the molecule is CCCSc1nc2n(n1)C(c1ccc(OCc3ccc(Cl)cc3Cl)c(OCC)c1)C(C(=O)OC)=C(C)N2. The van der Waals surface area contributed by atoms with Gasteiger partial charge in [0.25, 0.3) is 0 Å². The van der Waals surface area contributed by atoms with Gasteiger partial charge in [-0.3, -0.25) is 0 Å². The van der Waals surface area contributed by atoms with Crippen LogP contribution in [-0.2, 0) is 16.1 Å². The average Bonchev–Trinajstić information content (AvgIpc) is 3.28. The molecule has 0 saturated heterocycles. The molecule has 37 heavy (non-hydrogen) atoms. The van der Waals surface area contributed by atoms with Gasteiger partial charge in [-0.1, -0.05) is 54.0 Å². The number of aromatic nitrogens is 3. The maximum absolute atomic E-state index is 12.9. The van der Waals surface area contributed by atoms with Crippen LogP contribution >= 0.6 is 35.0 Å². The highest BCUT2D eigenvalue weighted by Crippen LogP contribution is 2.40. The molecule has 1 aliphatic rings. The van der Waals surface area contributed by atoms with Crippen molar-refractivity contribution < 1.29 is 19.0 Å². The fourth-order valence-corrected chi connectivity index (χ4v) is 5.09. The monoisotopic (exact) mass is 562 g/mol. The third-order valence-corrected chi connectivity index (χ3v) is 7.29. The number of benzene rings is 2. The number of esters is 1. The van der Waals surface area contributed by atoms with Crippen molar-refractivity contribution in [2.45, 2.75) is 45.0 Å². The molecule has 1 aromatic heterocycles. The van der Waals surface area contributed by atoms with E-state index in [1.54, 1.807) is 28.6 Å². The van der Waals surface area contributed by atoms with Gasteiger partial charge in [0.1, 0.15) is 12.6 Å². The first-order valence-electron chi connectivity index (χ1n) is 11.8. The van der Waals surface area contributed by atoms with Crippen molar-refractivity contribution in [3.8, 4) is 11.5 Å². The number of anilines is 1. The summed E-state index contributed by atoms with van der Waals surface area (Å²) in [6.07, 6.45) is 0.997. The van der Waals surface area contributed by atoms with E-state index in [0.29, 0.717) is 50.5 Å². The van der Waals surface area contributed by atoms with E-state index >= 15 is 0 Å². The van der Waals surface area contributed by atoms with Crippen LogP contribution in [0.2, 0.25) is 10.0 Å². The van der Waals surface area contributed by atoms with E-state index in [-0.39, 0.29) is 6.61 Å². The molecule has 196 valence electrons. The van der Waals surface area contributed by atoms with Crippen LogP contribution < -0.4 is 14.8 Å². The number of methoxy groups -OCH3 is 1. The van der Waals surface area contributed by atoms with Crippen molar-refractivity contribution in [3.63, 3.8) is 0 Å². The zero-order valence-corrected chi connectivity index (χ0v) is 23.3. The largest absolute Gasteiger partial charge is 0.490 e. The smallest absolute Gasteiger partial charge is 0.338 e. The molecule has 8 nitrogen and oxygen atoms in total. The molecule has 2 heterocycles. The first kappa shape index (κ1) is 27.2. The molecule has 0 bridgehead atoms. The Balaban J connectivity index is 1.72. The molecular weight excluding hydrogens is 535 g/mol. The van der Waals surface area contributed by atoms with Crippen LogP contribution in [0.5, 0.6) is 11.5 Å². The average molecular weight is 564 g/mol. The number of carbonyl (C=O) groups is 1. The number of allylic oxidation sites excluding steroid dienone is 1. The summed E-state index contributed by atoms with van der Waals surface area (Å²) in [6, 6.07) is 10.3. The summed E-state index contributed by atoms with van der Waals surface area (Å²) in [7, 11) is 1.36. The molecule has 0 amide bonds. The number of carbonyl (C=O) groups excluding carboxylic acids is 1. The van der Waals surface area contributed by atoms with Crippen LogP contribution in [0.15, 0.2) is 52.8 Å². The Hall–Kier alpha value is -2.88. The Morgan fingerprint density at radius 3 is 2.65 bits per heavy atom. The van der Waals surface area contributed by atoms with Gasteiger partial charge in [0.15, 0.2) is 11.5 Å². The quantitative estimate of drug-likeness (QED) is 0.220. The van der Waals surface area contributed by atoms with Gasteiger partial charge in [-0.15, -0.1) is 5.10 Å². The second-order valence-electron chi connectivity index (χ2n) is 8.23. The van der Waals surface area contributed by atoms with Gasteiger partial charge in [0, 0.05) is 27.1 Å². The van der Waals surface area contributed by atoms with Gasteiger partial charge in [-0.25, -0.2) is 9.48 Å². The Bertz CT molecular complexity index is 1330. The van der Waals surface area contributed by atoms with Crippen LogP contribution in [0.4, 0.5) is 5.95 Å². The van der Waals surface area contributed by atoms with Crippen molar-refractivity contribution >= 4 is 46.9 Å². The van der Waals surface area contributed by atoms with E-state index in [9.17, 15) is 4.79 Å². The zero-order valence-electron chi connectivity index (χ0n) is 21.0. The van der Waals surface area contributed by atoms with Crippen molar-refractivity contribution in [1.29, 1.82) is 0 Å². The van der Waals surface area contributed by atoms with Crippen LogP contribution in [0.1, 0.15) is 44.4 Å². The number of hydrogen-bond acceptors (Lipinski definition) is 8. The minimum atomic E-state index is -0.564. The third-order valence-electron chi connectivity index (χ3n) is 5.66. The molecule has 0 radical (unpaired) electrons. The molecular formula is C26H28Cl2N4O4S. The van der Waals surface area contributed by atoms with Gasteiger partial charge >= 0.3 is 5.97 Å². The molecule has 11 heteroatoms. The Labute approximate surface area is 230 Å². The molecule has 1 aliphatic heterocycles. The van der Waals surface area contributed by atoms with Gasteiger partial charge in [-0.05, 0) is 50.1 Å². The van der Waals surface area contributed by atoms with E-state index in [1.165, 1.54) is 7.11 Å². The summed E-state index contributed by atoms with van der Waals surface area (Å²) in [4.78, 5) is 17.5. The molecule has 0 spiro atoms. The van der Waals surface area contributed by atoms with E-state index in [1.807, 2.05) is 38.1 Å². The normalized spacial score (nSPS) is 14.7. The van der Waals surface area contributed by atoms with E-state index in [0.717, 1.165) is 23.3 Å². The lowest BCUT2D eigenvalue weighted by molar-refractivity contribution is -0.136. The van der Waals surface area contributed by atoms with Crippen LogP contribution in [-0.4, -0.2) is 40.2 Å². The summed E-state index contributed by atoms with van der Waals surface area (Å²) >= 11 is 13.9. The fourth-order valence-electron chi connectivity index (χ4n) is 3.94. The number of hydrogen-bond donors (Lipinski definition) is 1. The van der Waals surface area contributed by atoms with Crippen molar-refractivity contribution in [3.05, 3.63) is 68.8 Å². The van der Waals surface area contributed by atoms with Gasteiger partial charge in [-0.2, -0.15) is 4.98 Å². The predicted molar refractivity (Wildman–Crippen MR) is 146 cm³/mol. The lowest BCUT2D eigenvalue weighted by Gasteiger charge is -2.28. The van der Waals surface area contributed by atoms with Crippen LogP contribution in [0.3, 0.4) is 0 Å². The molecule has 0 fully saturated rings. The Kier molecular flexibility index (Phi) is 8.89. The molecule has 1 N–H and O–H groups in total. The lowest BCUT2D eigenvalue weighted by Crippen LogP contribution is -2.29. The van der Waals surface area contributed by atoms with Crippen molar-refractivity contribution in [2.24, 2.45) is 0 Å². The summed E-state index contributed by atoms with van der Waals surface area (Å²) in [5.74, 6) is 2.08. The Morgan fingerprint density at radius 1 is 1.14 bits per heavy atom. The summed E-state index contributed by atoms with van der Waals surface area (Å²) < 4.78 is 18.8. The number of thioether (sulfide) groups is 1.